The molecule has 0 aliphatic carbocycles. The van der Waals surface area contributed by atoms with Crippen molar-refractivity contribution in [3.05, 3.63) is 36.7 Å². The van der Waals surface area contributed by atoms with Crippen LogP contribution in [0.1, 0.15) is 10.5 Å². The molecule has 0 aromatic carbocycles. The second-order valence-electron chi connectivity index (χ2n) is 2.15. The summed E-state index contributed by atoms with van der Waals surface area (Å²) in [5.41, 5.74) is 0.351. The lowest BCUT2D eigenvalue weighted by molar-refractivity contribution is 0.104. The van der Waals surface area contributed by atoms with Gasteiger partial charge < -0.3 is 4.74 Å². The summed E-state index contributed by atoms with van der Waals surface area (Å²) in [7, 11) is 1.54. The van der Waals surface area contributed by atoms with Crippen LogP contribution >= 0.6 is 0 Å². The highest BCUT2D eigenvalue weighted by Crippen LogP contribution is 2.10. The van der Waals surface area contributed by atoms with E-state index < -0.39 is 0 Å². The fraction of sp³-hybridized carbons (Fsp3) is 0.111. The topological polar surface area (TPSA) is 39.2 Å². The molecule has 1 aromatic heterocycles. The molecule has 1 rings (SSSR count). The van der Waals surface area contributed by atoms with Gasteiger partial charge in [-0.25, -0.2) is 0 Å². The molecule has 0 aliphatic rings. The smallest absolute Gasteiger partial charge is 0.203 e. The number of hydrogen-bond acceptors (Lipinski definition) is 3. The van der Waals surface area contributed by atoms with Gasteiger partial charge in [-0.15, -0.1) is 0 Å². The van der Waals surface area contributed by atoms with E-state index in [1.807, 2.05) is 0 Å². The minimum atomic E-state index is -0.200. The average Bonchev–Trinajstić information content (AvgIpc) is 2.17. The lowest BCUT2D eigenvalue weighted by atomic mass is 10.2. The Bertz CT molecular complexity index is 307. The first kappa shape index (κ1) is 8.46. The summed E-state index contributed by atoms with van der Waals surface area (Å²) < 4.78 is 4.92. The van der Waals surface area contributed by atoms with Crippen LogP contribution < -0.4 is 4.74 Å². The molecule has 1 aromatic rings. The largest absolute Gasteiger partial charge is 0.497 e. The molecule has 0 atom stereocenters. The van der Waals surface area contributed by atoms with E-state index in [4.69, 9.17) is 4.74 Å². The van der Waals surface area contributed by atoms with Crippen LogP contribution in [0.5, 0.6) is 5.75 Å². The maximum atomic E-state index is 11.0. The van der Waals surface area contributed by atoms with Crippen molar-refractivity contribution in [3.63, 3.8) is 0 Å². The molecular formula is C9H9NO2. The Morgan fingerprint density at radius 3 is 3.08 bits per heavy atom. The number of pyridine rings is 1. The Kier molecular flexibility index (Phi) is 2.58. The Hall–Kier alpha value is -1.64. The van der Waals surface area contributed by atoms with E-state index in [0.29, 0.717) is 11.4 Å². The van der Waals surface area contributed by atoms with Gasteiger partial charge >= 0.3 is 0 Å². The number of ketones is 1. The summed E-state index contributed by atoms with van der Waals surface area (Å²) in [6.45, 7) is 3.36. The van der Waals surface area contributed by atoms with Gasteiger partial charge in [-0.2, -0.15) is 0 Å². The Labute approximate surface area is 70.7 Å². The number of carbonyl (C=O) groups is 1. The predicted molar refractivity (Wildman–Crippen MR) is 45.3 cm³/mol. The summed E-state index contributed by atoms with van der Waals surface area (Å²) in [4.78, 5) is 14.9. The van der Waals surface area contributed by atoms with E-state index in [1.165, 1.54) is 19.4 Å². The van der Waals surface area contributed by atoms with E-state index in [0.717, 1.165) is 0 Å². The highest BCUT2D eigenvalue weighted by atomic mass is 16.5. The van der Waals surface area contributed by atoms with Crippen LogP contribution in [0, 0.1) is 0 Å². The molecule has 0 bridgehead atoms. The maximum Gasteiger partial charge on any atom is 0.203 e. The summed E-state index contributed by atoms with van der Waals surface area (Å²) in [6.07, 6.45) is 2.75. The maximum absolute atomic E-state index is 11.0. The van der Waals surface area contributed by atoms with Crippen molar-refractivity contribution in [1.29, 1.82) is 0 Å². The zero-order valence-electron chi connectivity index (χ0n) is 6.78. The van der Waals surface area contributed by atoms with Crippen LogP contribution in [0.4, 0.5) is 0 Å². The zero-order valence-corrected chi connectivity index (χ0v) is 6.78. The minimum Gasteiger partial charge on any atom is -0.497 e. The third kappa shape index (κ3) is 1.69. The van der Waals surface area contributed by atoms with Crippen molar-refractivity contribution in [1.82, 2.24) is 4.98 Å². The highest BCUT2D eigenvalue weighted by Gasteiger charge is 2.02. The van der Waals surface area contributed by atoms with E-state index in [-0.39, 0.29) is 5.78 Å². The molecule has 0 spiro atoms. The van der Waals surface area contributed by atoms with E-state index in [9.17, 15) is 4.79 Å². The predicted octanol–water partition coefficient (Wildman–Crippen LogP) is 1.46. The second-order valence-corrected chi connectivity index (χ2v) is 2.15. The molecule has 0 amide bonds. The first-order chi connectivity index (χ1) is 5.77. The van der Waals surface area contributed by atoms with Gasteiger partial charge in [-0.05, 0) is 12.1 Å². The van der Waals surface area contributed by atoms with E-state index in [2.05, 4.69) is 11.6 Å². The average molecular weight is 163 g/mol. The van der Waals surface area contributed by atoms with Crippen LogP contribution in [0.2, 0.25) is 0 Å². The Balaban J connectivity index is 3.01. The molecule has 0 saturated carbocycles. The number of nitrogens with zero attached hydrogens (tertiary/aromatic N) is 1. The monoisotopic (exact) mass is 163 g/mol. The van der Waals surface area contributed by atoms with Crippen LogP contribution in [0.25, 0.3) is 0 Å². The highest BCUT2D eigenvalue weighted by molar-refractivity contribution is 6.02. The van der Waals surface area contributed by atoms with Crippen LogP contribution in [0.3, 0.4) is 0 Å². The molecule has 3 heteroatoms. The van der Waals surface area contributed by atoms with Crippen molar-refractivity contribution in [2.75, 3.05) is 7.11 Å². The van der Waals surface area contributed by atoms with Gasteiger partial charge in [0.05, 0.1) is 7.11 Å². The third-order valence-electron chi connectivity index (χ3n) is 1.40. The molecule has 0 radical (unpaired) electrons. The number of rotatable bonds is 3. The van der Waals surface area contributed by atoms with Crippen molar-refractivity contribution < 1.29 is 9.53 Å². The molecule has 0 aliphatic heterocycles. The number of ether oxygens (including phenoxy) is 1. The van der Waals surface area contributed by atoms with Gasteiger partial charge in [-0.1, -0.05) is 6.58 Å². The van der Waals surface area contributed by atoms with E-state index in [1.54, 1.807) is 12.1 Å². The molecular weight excluding hydrogens is 154 g/mol. The quantitative estimate of drug-likeness (QED) is 0.500. The minimum absolute atomic E-state index is 0.200. The lowest BCUT2D eigenvalue weighted by Crippen LogP contribution is -1.97. The molecule has 12 heavy (non-hydrogen) atoms. The fourth-order valence-corrected chi connectivity index (χ4v) is 0.777. The van der Waals surface area contributed by atoms with Crippen molar-refractivity contribution >= 4 is 5.78 Å². The van der Waals surface area contributed by atoms with Crippen LogP contribution in [0.15, 0.2) is 31.0 Å². The third-order valence-corrected chi connectivity index (χ3v) is 1.40. The summed E-state index contributed by atoms with van der Waals surface area (Å²) in [5, 5.41) is 0. The SMILES string of the molecule is C=CC(=O)c1cc(OC)ccn1. The molecule has 62 valence electrons. The van der Waals surface area contributed by atoms with Gasteiger partial charge in [0.1, 0.15) is 11.4 Å². The summed E-state index contributed by atoms with van der Waals surface area (Å²) in [5.74, 6) is 0.420. The van der Waals surface area contributed by atoms with Gasteiger partial charge in [0.15, 0.2) is 0 Å². The second kappa shape index (κ2) is 3.67. The first-order valence-electron chi connectivity index (χ1n) is 3.44. The van der Waals surface area contributed by atoms with E-state index >= 15 is 0 Å². The van der Waals surface area contributed by atoms with Gasteiger partial charge in [0, 0.05) is 12.3 Å². The van der Waals surface area contributed by atoms with Crippen molar-refractivity contribution in [2.45, 2.75) is 0 Å². The van der Waals surface area contributed by atoms with Gasteiger partial charge in [-0.3, -0.25) is 9.78 Å². The first-order valence-corrected chi connectivity index (χ1v) is 3.44. The molecule has 3 nitrogen and oxygen atoms in total. The molecule has 0 unspecified atom stereocenters. The Morgan fingerprint density at radius 2 is 2.50 bits per heavy atom. The standard InChI is InChI=1S/C9H9NO2/c1-3-9(11)8-6-7(12-2)4-5-10-8/h3-6H,1H2,2H3. The van der Waals surface area contributed by atoms with Crippen LogP contribution in [-0.4, -0.2) is 17.9 Å². The number of aromatic nitrogens is 1. The zero-order chi connectivity index (χ0) is 8.97. The molecule has 0 saturated heterocycles. The fourth-order valence-electron chi connectivity index (χ4n) is 0.777. The molecule has 0 N–H and O–H groups in total. The van der Waals surface area contributed by atoms with Crippen molar-refractivity contribution in [3.8, 4) is 5.75 Å². The lowest BCUT2D eigenvalue weighted by Gasteiger charge is -1.99. The van der Waals surface area contributed by atoms with Crippen molar-refractivity contribution in [2.24, 2.45) is 0 Å². The normalized spacial score (nSPS) is 9.08. The Morgan fingerprint density at radius 1 is 1.75 bits per heavy atom. The molecule has 0 fully saturated rings. The summed E-state index contributed by atoms with van der Waals surface area (Å²) >= 11 is 0. The molecule has 1 heterocycles. The van der Waals surface area contributed by atoms with Crippen LogP contribution in [-0.2, 0) is 0 Å². The van der Waals surface area contributed by atoms with Gasteiger partial charge in [0.2, 0.25) is 5.78 Å². The number of hydrogen-bond donors (Lipinski definition) is 0. The number of methoxy groups -OCH3 is 1. The summed E-state index contributed by atoms with van der Waals surface area (Å²) in [6, 6.07) is 3.25. The number of allylic oxidation sites excluding steroid dienone is 1. The number of carbonyl (C=O) groups excluding carboxylic acids is 1. The van der Waals surface area contributed by atoms with Gasteiger partial charge in [0.25, 0.3) is 0 Å².